The number of rotatable bonds is 33. The maximum Gasteiger partial charge on any atom is 0.323 e. The van der Waals surface area contributed by atoms with Crippen molar-refractivity contribution in [3.8, 4) is 51.0 Å². The zero-order chi connectivity index (χ0) is 84.6. The van der Waals surface area contributed by atoms with Gasteiger partial charge in [-0.25, -0.2) is 19.2 Å². The molecule has 8 bridgehead atoms. The molecular formula is C102H124N8O9. The third-order valence-electron chi connectivity index (χ3n) is 21.4. The van der Waals surface area contributed by atoms with Crippen LogP contribution in [-0.2, 0) is 36.5 Å². The molecule has 10 aromatic carbocycles. The second-order valence-electron chi connectivity index (χ2n) is 33.7. The van der Waals surface area contributed by atoms with Gasteiger partial charge in [-0.3, -0.25) is 0 Å². The summed E-state index contributed by atoms with van der Waals surface area (Å²) in [6.07, 6.45) is 12.1. The number of nitrogens with one attached hydrogen (secondary N) is 8. The number of unbranched alkanes of at least 4 members (excludes halogenated alkanes) is 8. The maximum absolute atomic E-state index is 15.7. The number of fused-ring (bicyclic) bond motifs is 8. The average molecular weight is 1610 g/mol. The first kappa shape index (κ1) is 88.1. The Kier molecular flexibility index (Phi) is 31.2. The number of urea groups is 4. The maximum atomic E-state index is 15.7. The molecule has 0 fully saturated rings. The highest BCUT2D eigenvalue weighted by Crippen LogP contribution is 2.46. The zero-order valence-corrected chi connectivity index (χ0v) is 72.6. The highest BCUT2D eigenvalue weighted by Gasteiger charge is 2.28. The molecule has 0 aliphatic heterocycles. The van der Waals surface area contributed by atoms with E-state index < -0.39 is 24.1 Å². The van der Waals surface area contributed by atoms with Crippen molar-refractivity contribution in [2.75, 3.05) is 75.6 Å². The number of aryl methyl sites for hydroxylation is 3. The molecule has 1 aliphatic rings. The summed E-state index contributed by atoms with van der Waals surface area (Å²) in [6, 6.07) is 58.2. The number of ether oxygens (including phenoxy) is 5. The summed E-state index contributed by atoms with van der Waals surface area (Å²) in [5.41, 5.74) is 19.1. The van der Waals surface area contributed by atoms with Gasteiger partial charge in [0.1, 0.15) is 28.7 Å². The van der Waals surface area contributed by atoms with Crippen molar-refractivity contribution < 1.29 is 42.9 Å². The van der Waals surface area contributed by atoms with E-state index in [4.69, 9.17) is 23.7 Å². The van der Waals surface area contributed by atoms with Gasteiger partial charge in [-0.2, -0.15) is 0 Å². The van der Waals surface area contributed by atoms with Gasteiger partial charge >= 0.3 is 24.1 Å². The van der Waals surface area contributed by atoms with Gasteiger partial charge in [0.2, 0.25) is 0 Å². The van der Waals surface area contributed by atoms with Gasteiger partial charge in [0.05, 0.1) is 33.0 Å². The summed E-state index contributed by atoms with van der Waals surface area (Å²) < 4.78 is 35.9. The Morgan fingerprint density at radius 3 is 0.697 bits per heavy atom. The van der Waals surface area contributed by atoms with Crippen molar-refractivity contribution in [2.45, 2.75) is 217 Å². The second-order valence-corrected chi connectivity index (χ2v) is 33.7. The van der Waals surface area contributed by atoms with E-state index in [0.717, 1.165) is 173 Å². The predicted molar refractivity (Wildman–Crippen MR) is 492 cm³/mol. The van der Waals surface area contributed by atoms with Crippen LogP contribution >= 0.6 is 0 Å². The van der Waals surface area contributed by atoms with Gasteiger partial charge in [-0.1, -0.05) is 229 Å². The molecule has 0 atom stereocenters. The zero-order valence-electron chi connectivity index (χ0n) is 72.6. The first-order valence-electron chi connectivity index (χ1n) is 43.0. The molecule has 0 saturated heterocycles. The van der Waals surface area contributed by atoms with E-state index in [0.29, 0.717) is 102 Å². The van der Waals surface area contributed by atoms with Crippen molar-refractivity contribution in [3.63, 3.8) is 0 Å². The van der Waals surface area contributed by atoms with E-state index >= 15 is 4.79 Å². The van der Waals surface area contributed by atoms with Gasteiger partial charge < -0.3 is 66.2 Å². The van der Waals surface area contributed by atoms with Crippen LogP contribution in [0.5, 0.6) is 28.7 Å². The summed E-state index contributed by atoms with van der Waals surface area (Å²) >= 11 is 0. The third kappa shape index (κ3) is 25.2. The summed E-state index contributed by atoms with van der Waals surface area (Å²) in [6.45, 7) is 32.0. The number of carbonyl (C=O) groups excluding carboxylic acids is 4. The van der Waals surface area contributed by atoms with Crippen molar-refractivity contribution in [1.29, 1.82) is 0 Å². The fourth-order valence-electron chi connectivity index (χ4n) is 14.9. The topological polar surface area (TPSA) is 211 Å². The highest BCUT2D eigenvalue weighted by molar-refractivity contribution is 6.03. The molecule has 8 N–H and O–H groups in total. The number of hydrogen-bond acceptors (Lipinski definition) is 9. The first-order valence-corrected chi connectivity index (χ1v) is 43.0. The van der Waals surface area contributed by atoms with Crippen LogP contribution in [0.25, 0.3) is 22.3 Å². The molecule has 17 nitrogen and oxygen atoms in total. The lowest BCUT2D eigenvalue weighted by Gasteiger charge is -2.25. The summed E-state index contributed by atoms with van der Waals surface area (Å²) in [5.74, 6) is 3.14. The molecule has 1 aliphatic carbocycles. The van der Waals surface area contributed by atoms with Crippen molar-refractivity contribution >= 4 is 69.6 Å². The van der Waals surface area contributed by atoms with E-state index in [9.17, 15) is 14.4 Å². The van der Waals surface area contributed by atoms with E-state index in [-0.39, 0.29) is 36.5 Å². The third-order valence-corrected chi connectivity index (χ3v) is 21.4. The fourth-order valence-corrected chi connectivity index (χ4v) is 14.9. The monoisotopic (exact) mass is 1600 g/mol. The molecule has 626 valence electrons. The molecule has 10 aromatic rings. The Labute approximate surface area is 706 Å². The van der Waals surface area contributed by atoms with Crippen LogP contribution in [0.1, 0.15) is 232 Å². The molecule has 0 unspecified atom stereocenters. The van der Waals surface area contributed by atoms with Gasteiger partial charge in [0.15, 0.2) is 0 Å². The van der Waals surface area contributed by atoms with Crippen LogP contribution in [0.15, 0.2) is 182 Å². The number of carbonyl (C=O) groups is 4. The highest BCUT2D eigenvalue weighted by atomic mass is 16.5. The second kappa shape index (κ2) is 42.1. The number of amides is 8. The van der Waals surface area contributed by atoms with Gasteiger partial charge in [-0.15, -0.1) is 0 Å². The Balaban J connectivity index is 1.16. The minimum atomic E-state index is -0.498. The molecule has 119 heavy (non-hydrogen) atoms. The molecule has 0 saturated carbocycles. The van der Waals surface area contributed by atoms with Crippen molar-refractivity contribution in [1.82, 2.24) is 0 Å². The molecule has 0 heterocycles. The van der Waals surface area contributed by atoms with Crippen LogP contribution in [0.2, 0.25) is 0 Å². The number of anilines is 8. The van der Waals surface area contributed by atoms with Gasteiger partial charge in [0, 0.05) is 127 Å². The van der Waals surface area contributed by atoms with Gasteiger partial charge in [0.25, 0.3) is 0 Å². The van der Waals surface area contributed by atoms with E-state index in [2.05, 4.69) is 167 Å². The summed E-state index contributed by atoms with van der Waals surface area (Å²) in [5, 5.41) is 25.7. The van der Waals surface area contributed by atoms with Crippen molar-refractivity contribution in [3.05, 3.63) is 254 Å². The lowest BCUT2D eigenvalue weighted by Crippen LogP contribution is -2.21. The van der Waals surface area contributed by atoms with E-state index in [1.807, 2.05) is 154 Å². The molecule has 0 aromatic heterocycles. The van der Waals surface area contributed by atoms with Crippen LogP contribution in [-0.4, -0.2) is 57.2 Å². The molecule has 0 spiro atoms. The van der Waals surface area contributed by atoms with Gasteiger partial charge in [-0.05, 0) is 183 Å². The smallest absolute Gasteiger partial charge is 0.323 e. The Morgan fingerprint density at radius 1 is 0.261 bits per heavy atom. The Hall–Kier alpha value is -11.7. The lowest BCUT2D eigenvalue weighted by molar-refractivity contribution is 0.261. The SMILES string of the molecule is CCCCCOc1c2cc(NC(=O)Nc3ccc(C)cc3)cc1Cc1cc(NC(=O)Nc3ccc(C)cc3)cc(c1OCCCCC)Cc1cc(NC(=O)Nc3cc(-c4ccc(C(C)(C)C)cc4)c(OCCC)c(-c4ccc(C(C)(C)C)cc4)c3)cc(c1OCCCCC)Cc1cc(NC(=O)Nc3ccc(C)cc3)cc(c1OCCCCC)C2. The minimum absolute atomic E-state index is 0.0916. The van der Waals surface area contributed by atoms with Crippen LogP contribution < -0.4 is 66.2 Å². The van der Waals surface area contributed by atoms with Crippen molar-refractivity contribution in [2.24, 2.45) is 0 Å². The molecule has 8 amide bonds. The Bertz CT molecular complexity index is 4830. The lowest BCUT2D eigenvalue weighted by atomic mass is 9.85. The quantitative estimate of drug-likeness (QED) is 0.0184. The standard InChI is InChI=1S/C102H124N8O9/c1-15-20-24-49-116-92-72-53-74-59-86(107-98(112)104-83-44-30-68(7)31-45-83)61-76(93(74)117-50-25-21-16-2)55-78-63-88(109-100(114)110-89-65-90(70-34-38-80(39-35-70)101(9,10)11)96(115-48-19-5)91(66-89)71-36-40-81(41-37-71)102(12,13)14)64-79(95(78)119-52-27-23-18-4)56-77-62-87(108-99(113)105-84-46-32-69(8)33-47-84)60-75(94(77)118-51-26-22-17-3)54-73(92)58-85(57-72)106-97(111)103-82-42-28-67(6)29-43-82/h28-47,57-66H,15-27,48-56H2,1-14H3,(H2,103,106,111)(H2,104,107,112)(H2,105,108,113)(H2,109,110,114). The molecule has 17 heteroatoms. The summed E-state index contributed by atoms with van der Waals surface area (Å²) in [4.78, 5) is 59.5. The number of benzene rings is 10. The average Bonchev–Trinajstić information content (AvgIpc) is 0.783. The van der Waals surface area contributed by atoms with Crippen LogP contribution in [0.4, 0.5) is 64.7 Å². The van der Waals surface area contributed by atoms with E-state index in [1.165, 1.54) is 11.1 Å². The fraction of sp³-hybridized carbons (Fsp3) is 0.373. The number of hydrogen-bond donors (Lipinski definition) is 8. The van der Waals surface area contributed by atoms with E-state index in [1.54, 1.807) is 0 Å². The predicted octanol–water partition coefficient (Wildman–Crippen LogP) is 26.9. The molecule has 11 rings (SSSR count). The van der Waals surface area contributed by atoms with Crippen LogP contribution in [0, 0.1) is 20.8 Å². The molecule has 0 radical (unpaired) electrons. The summed E-state index contributed by atoms with van der Waals surface area (Å²) in [7, 11) is 0. The normalized spacial score (nSPS) is 11.9. The largest absolute Gasteiger partial charge is 0.493 e. The Morgan fingerprint density at radius 2 is 0.479 bits per heavy atom. The minimum Gasteiger partial charge on any atom is -0.493 e. The van der Waals surface area contributed by atoms with Crippen LogP contribution in [0.3, 0.4) is 0 Å². The molecular weight excluding hydrogens is 1480 g/mol. The first-order chi connectivity index (χ1) is 57.3.